The van der Waals surface area contributed by atoms with Gasteiger partial charge in [0.1, 0.15) is 0 Å². The Bertz CT molecular complexity index is 454. The Labute approximate surface area is 97.5 Å². The van der Waals surface area contributed by atoms with E-state index in [0.717, 1.165) is 6.08 Å². The van der Waals surface area contributed by atoms with Gasteiger partial charge in [-0.15, -0.1) is 0 Å². The summed E-state index contributed by atoms with van der Waals surface area (Å²) in [7, 11) is 0. The summed E-state index contributed by atoms with van der Waals surface area (Å²) in [6, 6.07) is 6.60. The third kappa shape index (κ3) is 3.74. The van der Waals surface area contributed by atoms with Gasteiger partial charge in [0, 0.05) is 22.4 Å². The average molecular weight is 240 g/mol. The smallest absolute Gasteiger partial charge is 0.331 e. The molecule has 1 rings (SSSR count). The number of hydrogen-bond donors (Lipinski definition) is 2. The van der Waals surface area contributed by atoms with Gasteiger partial charge >= 0.3 is 5.97 Å². The number of anilines is 1. The number of halogens is 1. The van der Waals surface area contributed by atoms with Crippen LogP contribution in [0.15, 0.2) is 35.9 Å². The number of carboxylic acids is 1. The summed E-state index contributed by atoms with van der Waals surface area (Å²) in [6.07, 6.45) is 1.02. The largest absolute Gasteiger partial charge is 0.478 e. The lowest BCUT2D eigenvalue weighted by Gasteiger charge is -2.02. The molecule has 0 bridgehead atoms. The lowest BCUT2D eigenvalue weighted by atomic mass is 10.2. The predicted molar refractivity (Wildman–Crippen MR) is 61.5 cm³/mol. The van der Waals surface area contributed by atoms with Crippen LogP contribution < -0.4 is 5.32 Å². The Morgan fingerprint density at radius 2 is 2.12 bits per heavy atom. The van der Waals surface area contributed by atoms with E-state index in [0.29, 0.717) is 10.7 Å². The fraction of sp³-hybridized carbons (Fsp3) is 0.0909. The highest BCUT2D eigenvalue weighted by molar-refractivity contribution is 6.30. The monoisotopic (exact) mass is 239 g/mol. The van der Waals surface area contributed by atoms with Crippen LogP contribution in [0.3, 0.4) is 0 Å². The van der Waals surface area contributed by atoms with Gasteiger partial charge in [-0.3, -0.25) is 4.79 Å². The van der Waals surface area contributed by atoms with E-state index in [2.05, 4.69) is 5.32 Å². The Balaban J connectivity index is 2.72. The van der Waals surface area contributed by atoms with Crippen LogP contribution in [0.1, 0.15) is 6.92 Å². The van der Waals surface area contributed by atoms with Crippen molar-refractivity contribution in [2.24, 2.45) is 0 Å². The molecule has 5 heteroatoms. The average Bonchev–Trinajstić information content (AvgIpc) is 2.16. The lowest BCUT2D eigenvalue weighted by molar-refractivity contribution is -0.132. The van der Waals surface area contributed by atoms with E-state index in [-0.39, 0.29) is 5.57 Å². The molecule has 0 aromatic heterocycles. The molecule has 16 heavy (non-hydrogen) atoms. The van der Waals surface area contributed by atoms with Crippen LogP contribution in [-0.2, 0) is 9.59 Å². The molecule has 84 valence electrons. The minimum atomic E-state index is -1.12. The normalized spacial score (nSPS) is 11.0. The van der Waals surface area contributed by atoms with Gasteiger partial charge in [-0.25, -0.2) is 4.79 Å². The molecule has 0 saturated carbocycles. The highest BCUT2D eigenvalue weighted by atomic mass is 35.5. The van der Waals surface area contributed by atoms with Crippen LogP contribution in [0.2, 0.25) is 5.02 Å². The first kappa shape index (κ1) is 12.3. The van der Waals surface area contributed by atoms with Crippen molar-refractivity contribution in [2.45, 2.75) is 6.92 Å². The molecule has 0 aliphatic rings. The van der Waals surface area contributed by atoms with Crippen molar-refractivity contribution in [2.75, 3.05) is 5.32 Å². The molecule has 2 N–H and O–H groups in total. The van der Waals surface area contributed by atoms with Gasteiger partial charge in [0.05, 0.1) is 0 Å². The summed E-state index contributed by atoms with van der Waals surface area (Å²) in [4.78, 5) is 21.8. The molecule has 0 aliphatic carbocycles. The van der Waals surface area contributed by atoms with Crippen molar-refractivity contribution >= 4 is 29.2 Å². The molecule has 0 aliphatic heterocycles. The molecule has 1 aromatic rings. The molecule has 1 amide bonds. The molecule has 0 radical (unpaired) electrons. The maximum atomic E-state index is 11.3. The number of hydrogen-bond acceptors (Lipinski definition) is 2. The Morgan fingerprint density at radius 3 is 2.69 bits per heavy atom. The second kappa shape index (κ2) is 5.32. The zero-order chi connectivity index (χ0) is 12.1. The van der Waals surface area contributed by atoms with E-state index in [9.17, 15) is 9.59 Å². The summed E-state index contributed by atoms with van der Waals surface area (Å²) in [5.74, 6) is -1.62. The molecule has 1 aromatic carbocycles. The number of aliphatic carboxylic acids is 1. The van der Waals surface area contributed by atoms with E-state index < -0.39 is 11.9 Å². The first-order chi connectivity index (χ1) is 7.49. The SMILES string of the molecule is C/C(=C\C(=O)Nc1cccc(Cl)c1)C(=O)O. The van der Waals surface area contributed by atoms with E-state index in [1.54, 1.807) is 24.3 Å². The van der Waals surface area contributed by atoms with Gasteiger partial charge in [0.25, 0.3) is 0 Å². The van der Waals surface area contributed by atoms with Crippen LogP contribution in [0.25, 0.3) is 0 Å². The number of carboxylic acid groups (broad SMARTS) is 1. The zero-order valence-electron chi connectivity index (χ0n) is 8.53. The van der Waals surface area contributed by atoms with E-state index in [1.807, 2.05) is 0 Å². The summed E-state index contributed by atoms with van der Waals surface area (Å²) >= 11 is 5.72. The maximum Gasteiger partial charge on any atom is 0.331 e. The molecular weight excluding hydrogens is 230 g/mol. The molecule has 0 fully saturated rings. The third-order valence-electron chi connectivity index (χ3n) is 1.78. The Hall–Kier alpha value is -1.81. The lowest BCUT2D eigenvalue weighted by Crippen LogP contribution is -2.10. The fourth-order valence-electron chi connectivity index (χ4n) is 1.00. The Morgan fingerprint density at radius 1 is 1.44 bits per heavy atom. The minimum Gasteiger partial charge on any atom is -0.478 e. The summed E-state index contributed by atoms with van der Waals surface area (Å²) in [5.41, 5.74) is 0.492. The number of benzene rings is 1. The first-order valence-corrected chi connectivity index (χ1v) is 4.85. The fourth-order valence-corrected chi connectivity index (χ4v) is 1.19. The van der Waals surface area contributed by atoms with Gasteiger partial charge in [-0.05, 0) is 25.1 Å². The van der Waals surface area contributed by atoms with Crippen LogP contribution >= 0.6 is 11.6 Å². The quantitative estimate of drug-likeness (QED) is 0.796. The summed E-state index contributed by atoms with van der Waals surface area (Å²) in [6.45, 7) is 1.35. The van der Waals surface area contributed by atoms with Crippen molar-refractivity contribution in [1.82, 2.24) is 0 Å². The van der Waals surface area contributed by atoms with Gasteiger partial charge in [-0.2, -0.15) is 0 Å². The number of carbonyl (C=O) groups excluding carboxylic acids is 1. The topological polar surface area (TPSA) is 66.4 Å². The van der Waals surface area contributed by atoms with Gasteiger partial charge in [0.15, 0.2) is 0 Å². The molecule has 0 heterocycles. The van der Waals surface area contributed by atoms with Gasteiger partial charge < -0.3 is 10.4 Å². The summed E-state index contributed by atoms with van der Waals surface area (Å²) < 4.78 is 0. The predicted octanol–water partition coefficient (Wildman–Crippen LogP) is 2.31. The first-order valence-electron chi connectivity index (χ1n) is 4.47. The second-order valence-electron chi connectivity index (χ2n) is 3.13. The summed E-state index contributed by atoms with van der Waals surface area (Å²) in [5, 5.41) is 11.6. The molecule has 0 spiro atoms. The third-order valence-corrected chi connectivity index (χ3v) is 2.01. The number of rotatable bonds is 3. The maximum absolute atomic E-state index is 11.3. The molecule has 0 unspecified atom stereocenters. The molecule has 0 atom stereocenters. The van der Waals surface area contributed by atoms with E-state index in [4.69, 9.17) is 16.7 Å². The number of carbonyl (C=O) groups is 2. The van der Waals surface area contributed by atoms with Gasteiger partial charge in [-0.1, -0.05) is 17.7 Å². The Kier molecular flexibility index (Phi) is 4.08. The van der Waals surface area contributed by atoms with Crippen LogP contribution in [0, 0.1) is 0 Å². The van der Waals surface area contributed by atoms with E-state index >= 15 is 0 Å². The minimum absolute atomic E-state index is 0.0282. The van der Waals surface area contributed by atoms with Crippen molar-refractivity contribution in [3.63, 3.8) is 0 Å². The van der Waals surface area contributed by atoms with Crippen molar-refractivity contribution in [1.29, 1.82) is 0 Å². The number of amides is 1. The second-order valence-corrected chi connectivity index (χ2v) is 3.57. The highest BCUT2D eigenvalue weighted by Crippen LogP contribution is 2.14. The highest BCUT2D eigenvalue weighted by Gasteiger charge is 2.04. The van der Waals surface area contributed by atoms with E-state index in [1.165, 1.54) is 6.92 Å². The number of nitrogens with one attached hydrogen (secondary N) is 1. The van der Waals surface area contributed by atoms with Gasteiger partial charge in [0.2, 0.25) is 5.91 Å². The van der Waals surface area contributed by atoms with Crippen molar-refractivity contribution in [3.05, 3.63) is 40.9 Å². The standard InChI is InChI=1S/C11H10ClNO3/c1-7(11(15)16)5-10(14)13-9-4-2-3-8(12)6-9/h2-6H,1H3,(H,13,14)(H,15,16)/b7-5+. The van der Waals surface area contributed by atoms with Crippen molar-refractivity contribution in [3.8, 4) is 0 Å². The zero-order valence-corrected chi connectivity index (χ0v) is 9.28. The molecular formula is C11H10ClNO3. The molecule has 0 saturated heterocycles. The van der Waals surface area contributed by atoms with Crippen molar-refractivity contribution < 1.29 is 14.7 Å². The molecule has 4 nitrogen and oxygen atoms in total. The van der Waals surface area contributed by atoms with Crippen LogP contribution in [0.4, 0.5) is 5.69 Å². The van der Waals surface area contributed by atoms with Crippen LogP contribution in [0.5, 0.6) is 0 Å². The van der Waals surface area contributed by atoms with Crippen LogP contribution in [-0.4, -0.2) is 17.0 Å².